The maximum atomic E-state index is 12.4. The summed E-state index contributed by atoms with van der Waals surface area (Å²) in [4.78, 5) is 24.6. The summed E-state index contributed by atoms with van der Waals surface area (Å²) in [5.74, 6) is -0.378. The van der Waals surface area contributed by atoms with E-state index in [4.69, 9.17) is 9.47 Å². The summed E-state index contributed by atoms with van der Waals surface area (Å²) in [6.45, 7) is 4.18. The van der Waals surface area contributed by atoms with Crippen LogP contribution in [-0.2, 0) is 20.7 Å². The molecular formula is C19H28O4. The highest BCUT2D eigenvalue weighted by Crippen LogP contribution is 2.18. The number of benzene rings is 1. The molecule has 1 unspecified atom stereocenters. The Morgan fingerprint density at radius 1 is 1.04 bits per heavy atom. The Kier molecular flexibility index (Phi) is 9.03. The molecule has 0 amide bonds. The third kappa shape index (κ3) is 6.85. The maximum Gasteiger partial charge on any atom is 0.316 e. The predicted octanol–water partition coefficient (Wildman–Crippen LogP) is 3.96. The lowest BCUT2D eigenvalue weighted by atomic mass is 9.92. The minimum absolute atomic E-state index is 0.0182. The van der Waals surface area contributed by atoms with Crippen LogP contribution in [0, 0.1) is 5.92 Å². The van der Waals surface area contributed by atoms with Crippen molar-refractivity contribution in [3.8, 4) is 5.75 Å². The summed E-state index contributed by atoms with van der Waals surface area (Å²) in [5.41, 5.74) is 0.936. The number of esters is 1. The fraction of sp³-hybridized carbons (Fsp3) is 0.579. The fourth-order valence-corrected chi connectivity index (χ4v) is 2.47. The molecule has 0 saturated heterocycles. The number of carbonyl (C=O) groups excluding carboxylic acids is 2. The molecule has 0 N–H and O–H groups in total. The fourth-order valence-electron chi connectivity index (χ4n) is 2.47. The minimum atomic E-state index is -0.704. The van der Waals surface area contributed by atoms with Crippen LogP contribution in [-0.4, -0.2) is 25.5 Å². The Hall–Kier alpha value is -1.84. The maximum absolute atomic E-state index is 12.4. The van der Waals surface area contributed by atoms with Crippen molar-refractivity contribution in [2.45, 2.75) is 52.4 Å². The van der Waals surface area contributed by atoms with E-state index in [0.29, 0.717) is 19.4 Å². The Morgan fingerprint density at radius 2 is 1.74 bits per heavy atom. The third-order valence-electron chi connectivity index (χ3n) is 3.84. The van der Waals surface area contributed by atoms with Crippen molar-refractivity contribution in [2.75, 3.05) is 13.7 Å². The second-order valence-corrected chi connectivity index (χ2v) is 5.63. The van der Waals surface area contributed by atoms with Crippen LogP contribution >= 0.6 is 0 Å². The number of methoxy groups -OCH3 is 1. The molecule has 0 radical (unpaired) electrons. The van der Waals surface area contributed by atoms with Gasteiger partial charge in [-0.05, 0) is 37.5 Å². The van der Waals surface area contributed by atoms with E-state index in [2.05, 4.69) is 6.92 Å². The largest absolute Gasteiger partial charge is 0.497 e. The molecule has 0 aliphatic heterocycles. The van der Waals surface area contributed by atoms with E-state index in [-0.39, 0.29) is 5.78 Å². The average molecular weight is 320 g/mol. The second kappa shape index (κ2) is 10.8. The zero-order chi connectivity index (χ0) is 17.1. The molecule has 4 heteroatoms. The molecule has 0 saturated carbocycles. The highest BCUT2D eigenvalue weighted by Gasteiger charge is 2.27. The first-order chi connectivity index (χ1) is 11.1. The van der Waals surface area contributed by atoms with Crippen LogP contribution in [0.25, 0.3) is 0 Å². The topological polar surface area (TPSA) is 52.6 Å². The summed E-state index contributed by atoms with van der Waals surface area (Å²) in [5, 5.41) is 0. The van der Waals surface area contributed by atoms with Crippen LogP contribution in [0.3, 0.4) is 0 Å². The van der Waals surface area contributed by atoms with Crippen molar-refractivity contribution in [1.82, 2.24) is 0 Å². The first-order valence-corrected chi connectivity index (χ1v) is 8.44. The third-order valence-corrected chi connectivity index (χ3v) is 3.84. The van der Waals surface area contributed by atoms with Gasteiger partial charge < -0.3 is 9.47 Å². The molecule has 0 fully saturated rings. The Balaban J connectivity index is 2.70. The number of ether oxygens (including phenoxy) is 2. The number of hydrogen-bond donors (Lipinski definition) is 0. The zero-order valence-electron chi connectivity index (χ0n) is 14.5. The van der Waals surface area contributed by atoms with Crippen molar-refractivity contribution in [3.63, 3.8) is 0 Å². The van der Waals surface area contributed by atoms with Gasteiger partial charge in [-0.3, -0.25) is 9.59 Å². The first kappa shape index (κ1) is 19.2. The summed E-state index contributed by atoms with van der Waals surface area (Å²) < 4.78 is 10.2. The number of ketones is 1. The van der Waals surface area contributed by atoms with Gasteiger partial charge in [0.2, 0.25) is 0 Å². The highest BCUT2D eigenvalue weighted by atomic mass is 16.5. The van der Waals surface area contributed by atoms with Gasteiger partial charge in [0.15, 0.2) is 0 Å². The molecule has 0 aliphatic rings. The number of carbonyl (C=O) groups is 2. The molecular weight excluding hydrogens is 292 g/mol. The molecule has 0 aromatic heterocycles. The van der Waals surface area contributed by atoms with E-state index >= 15 is 0 Å². The molecule has 1 aromatic rings. The molecule has 4 nitrogen and oxygen atoms in total. The van der Waals surface area contributed by atoms with Crippen LogP contribution < -0.4 is 4.74 Å². The number of rotatable bonds is 11. The molecule has 23 heavy (non-hydrogen) atoms. The standard InChI is InChI=1S/C19H28O4/c1-4-6-7-8-9-18(20)17(19(21)23-5-2)14-15-10-12-16(22-3)13-11-15/h10-13,17H,4-9,14H2,1-3H3. The van der Waals surface area contributed by atoms with Crippen molar-refractivity contribution >= 4 is 11.8 Å². The molecule has 1 aromatic carbocycles. The van der Waals surface area contributed by atoms with E-state index in [9.17, 15) is 9.59 Å². The first-order valence-electron chi connectivity index (χ1n) is 8.44. The van der Waals surface area contributed by atoms with Gasteiger partial charge in [-0.25, -0.2) is 0 Å². The van der Waals surface area contributed by atoms with Gasteiger partial charge in [-0.15, -0.1) is 0 Å². The summed E-state index contributed by atoms with van der Waals surface area (Å²) in [7, 11) is 1.61. The predicted molar refractivity (Wildman–Crippen MR) is 90.6 cm³/mol. The Morgan fingerprint density at radius 3 is 2.30 bits per heavy atom. The van der Waals surface area contributed by atoms with Crippen molar-refractivity contribution in [3.05, 3.63) is 29.8 Å². The number of unbranched alkanes of at least 4 members (excludes halogenated alkanes) is 3. The van der Waals surface area contributed by atoms with Crippen molar-refractivity contribution in [1.29, 1.82) is 0 Å². The van der Waals surface area contributed by atoms with Gasteiger partial charge in [0, 0.05) is 6.42 Å². The van der Waals surface area contributed by atoms with Crippen LogP contribution in [0.4, 0.5) is 0 Å². The van der Waals surface area contributed by atoms with Crippen LogP contribution in [0.2, 0.25) is 0 Å². The quantitative estimate of drug-likeness (QED) is 0.352. The molecule has 1 atom stereocenters. The lowest BCUT2D eigenvalue weighted by Crippen LogP contribution is -2.28. The molecule has 128 valence electrons. The molecule has 0 spiro atoms. The smallest absolute Gasteiger partial charge is 0.316 e. The number of hydrogen-bond acceptors (Lipinski definition) is 4. The van der Waals surface area contributed by atoms with Gasteiger partial charge in [-0.1, -0.05) is 38.3 Å². The van der Waals surface area contributed by atoms with Gasteiger partial charge in [-0.2, -0.15) is 0 Å². The molecule has 0 bridgehead atoms. The molecule has 0 aliphatic carbocycles. The van der Waals surface area contributed by atoms with Crippen LogP contribution in [0.5, 0.6) is 5.75 Å². The minimum Gasteiger partial charge on any atom is -0.497 e. The van der Waals surface area contributed by atoms with Crippen molar-refractivity contribution < 1.29 is 19.1 Å². The Labute approximate surface area is 139 Å². The molecule has 0 heterocycles. The summed E-state index contributed by atoms with van der Waals surface area (Å²) in [6, 6.07) is 7.44. The molecule has 1 rings (SSSR count). The van der Waals surface area contributed by atoms with Gasteiger partial charge in [0.1, 0.15) is 17.5 Å². The van der Waals surface area contributed by atoms with Gasteiger partial charge in [0.25, 0.3) is 0 Å². The van der Waals surface area contributed by atoms with Crippen LogP contribution in [0.1, 0.15) is 51.5 Å². The SMILES string of the molecule is CCCCCCC(=O)C(Cc1ccc(OC)cc1)C(=O)OCC. The number of Topliss-reactive ketones (excluding diaryl/α,β-unsaturated/α-hetero) is 1. The normalized spacial score (nSPS) is 11.8. The lowest BCUT2D eigenvalue weighted by molar-refractivity contribution is -0.151. The highest BCUT2D eigenvalue weighted by molar-refractivity contribution is 5.99. The van der Waals surface area contributed by atoms with E-state index < -0.39 is 11.9 Å². The van der Waals surface area contributed by atoms with E-state index in [0.717, 1.165) is 37.0 Å². The zero-order valence-corrected chi connectivity index (χ0v) is 14.5. The van der Waals surface area contributed by atoms with Crippen molar-refractivity contribution in [2.24, 2.45) is 5.92 Å². The van der Waals surface area contributed by atoms with E-state index in [1.54, 1.807) is 14.0 Å². The van der Waals surface area contributed by atoms with Gasteiger partial charge in [0.05, 0.1) is 13.7 Å². The summed E-state index contributed by atoms with van der Waals surface area (Å²) >= 11 is 0. The monoisotopic (exact) mass is 320 g/mol. The summed E-state index contributed by atoms with van der Waals surface area (Å²) in [6.07, 6.45) is 4.94. The van der Waals surface area contributed by atoms with Crippen LogP contribution in [0.15, 0.2) is 24.3 Å². The van der Waals surface area contributed by atoms with E-state index in [1.807, 2.05) is 24.3 Å². The Bertz CT molecular complexity index is 479. The van der Waals surface area contributed by atoms with Gasteiger partial charge >= 0.3 is 5.97 Å². The average Bonchev–Trinajstić information content (AvgIpc) is 2.57. The van der Waals surface area contributed by atoms with E-state index in [1.165, 1.54) is 0 Å². The second-order valence-electron chi connectivity index (χ2n) is 5.63. The lowest BCUT2D eigenvalue weighted by Gasteiger charge is -2.15.